The molecule has 0 nitrogen and oxygen atoms in total. The Morgan fingerprint density at radius 2 is 1.10 bits per heavy atom. The molecule has 0 aliphatic heterocycles. The monoisotopic (exact) mass is 366 g/mol. The fourth-order valence-electron chi connectivity index (χ4n) is 5.24. The third-order valence-corrected chi connectivity index (χ3v) is 6.60. The molecule has 0 saturated carbocycles. The van der Waals surface area contributed by atoms with E-state index in [0.29, 0.717) is 0 Å². The quantitative estimate of drug-likeness (QED) is 0.189. The van der Waals surface area contributed by atoms with Crippen LogP contribution in [0.15, 0.2) is 97.1 Å². The first-order valence-corrected chi connectivity index (χ1v) is 10.2. The Bertz CT molecular complexity index is 1620. The molecule has 0 radical (unpaired) electrons. The fourth-order valence-corrected chi connectivity index (χ4v) is 5.24. The van der Waals surface area contributed by atoms with E-state index in [-0.39, 0.29) is 0 Å². The van der Waals surface area contributed by atoms with E-state index < -0.39 is 0 Å². The van der Waals surface area contributed by atoms with E-state index in [4.69, 9.17) is 0 Å². The van der Waals surface area contributed by atoms with Crippen molar-refractivity contribution in [1.82, 2.24) is 0 Å². The Labute approximate surface area is 169 Å². The van der Waals surface area contributed by atoms with Gasteiger partial charge in [0, 0.05) is 0 Å². The van der Waals surface area contributed by atoms with E-state index in [1.165, 1.54) is 65.3 Å². The molecular formula is C29H18. The van der Waals surface area contributed by atoms with E-state index in [0.717, 1.165) is 6.42 Å². The Morgan fingerprint density at radius 3 is 1.93 bits per heavy atom. The lowest BCUT2D eigenvalue weighted by Crippen LogP contribution is -1.86. The zero-order valence-corrected chi connectivity index (χ0v) is 15.9. The minimum Gasteiger partial charge on any atom is -0.0616 e. The van der Waals surface area contributed by atoms with Crippen LogP contribution in [0.5, 0.6) is 0 Å². The Kier molecular flexibility index (Phi) is 2.88. The van der Waals surface area contributed by atoms with Crippen molar-refractivity contribution >= 4 is 43.1 Å². The van der Waals surface area contributed by atoms with Gasteiger partial charge >= 0.3 is 0 Å². The van der Waals surface area contributed by atoms with Crippen molar-refractivity contribution in [3.63, 3.8) is 0 Å². The van der Waals surface area contributed by atoms with Crippen molar-refractivity contribution in [2.75, 3.05) is 0 Å². The van der Waals surface area contributed by atoms with Crippen LogP contribution in [0, 0.1) is 0 Å². The van der Waals surface area contributed by atoms with Crippen LogP contribution in [0.2, 0.25) is 0 Å². The molecule has 29 heavy (non-hydrogen) atoms. The van der Waals surface area contributed by atoms with Crippen LogP contribution >= 0.6 is 0 Å². The number of hydrogen-bond donors (Lipinski definition) is 0. The van der Waals surface area contributed by atoms with Crippen molar-refractivity contribution in [2.45, 2.75) is 6.42 Å². The van der Waals surface area contributed by atoms with Gasteiger partial charge in [-0.2, -0.15) is 0 Å². The van der Waals surface area contributed by atoms with Crippen molar-refractivity contribution in [2.24, 2.45) is 0 Å². The molecule has 0 heteroatoms. The zero-order chi connectivity index (χ0) is 18.9. The van der Waals surface area contributed by atoms with Gasteiger partial charge in [0.15, 0.2) is 0 Å². The fraction of sp³-hybridized carbons (Fsp3) is 0.0345. The summed E-state index contributed by atoms with van der Waals surface area (Å²) in [6.45, 7) is 0. The first-order valence-electron chi connectivity index (χ1n) is 10.2. The maximum Gasteiger partial charge on any atom is -0.000684 e. The predicted octanol–water partition coefficient (Wildman–Crippen LogP) is 7.87. The molecule has 1 aliphatic rings. The van der Waals surface area contributed by atoms with E-state index in [9.17, 15) is 0 Å². The number of benzene rings is 6. The highest BCUT2D eigenvalue weighted by molar-refractivity contribution is 6.12. The second kappa shape index (κ2) is 5.46. The van der Waals surface area contributed by atoms with Gasteiger partial charge in [0.05, 0.1) is 0 Å². The Morgan fingerprint density at radius 1 is 0.448 bits per heavy atom. The summed E-state index contributed by atoms with van der Waals surface area (Å²) in [5.41, 5.74) is 5.73. The lowest BCUT2D eigenvalue weighted by Gasteiger charge is -2.10. The van der Waals surface area contributed by atoms with Crippen LogP contribution in [0.3, 0.4) is 0 Å². The minimum absolute atomic E-state index is 1.01. The summed E-state index contributed by atoms with van der Waals surface area (Å²) in [4.78, 5) is 0. The van der Waals surface area contributed by atoms with Crippen LogP contribution in [-0.4, -0.2) is 0 Å². The minimum atomic E-state index is 1.01. The van der Waals surface area contributed by atoms with Crippen LogP contribution in [0.4, 0.5) is 0 Å². The molecule has 0 spiro atoms. The predicted molar refractivity (Wildman–Crippen MR) is 125 cm³/mol. The topological polar surface area (TPSA) is 0 Å². The summed E-state index contributed by atoms with van der Waals surface area (Å²) in [5, 5.41) is 10.7. The molecule has 0 fully saturated rings. The molecule has 1 aliphatic carbocycles. The molecule has 0 N–H and O–H groups in total. The summed E-state index contributed by atoms with van der Waals surface area (Å²) in [6.07, 6.45) is 1.01. The molecule has 0 amide bonds. The number of hydrogen-bond acceptors (Lipinski definition) is 0. The number of fused-ring (bicyclic) bond motifs is 9. The highest BCUT2D eigenvalue weighted by atomic mass is 14.3. The molecule has 0 unspecified atom stereocenters. The molecule has 0 aromatic heterocycles. The summed E-state index contributed by atoms with van der Waals surface area (Å²) in [6, 6.07) is 36.0. The third-order valence-electron chi connectivity index (χ3n) is 6.60. The van der Waals surface area contributed by atoms with Gasteiger partial charge in [-0.3, -0.25) is 0 Å². The van der Waals surface area contributed by atoms with Gasteiger partial charge < -0.3 is 0 Å². The summed E-state index contributed by atoms with van der Waals surface area (Å²) in [5.74, 6) is 0. The second-order valence-electron chi connectivity index (χ2n) is 8.21. The van der Waals surface area contributed by atoms with Gasteiger partial charge in [0.1, 0.15) is 0 Å². The van der Waals surface area contributed by atoms with E-state index in [1.54, 1.807) is 0 Å². The van der Waals surface area contributed by atoms with Crippen LogP contribution < -0.4 is 0 Å². The molecule has 0 atom stereocenters. The van der Waals surface area contributed by atoms with Crippen molar-refractivity contribution in [3.05, 3.63) is 108 Å². The maximum atomic E-state index is 2.41. The van der Waals surface area contributed by atoms with Crippen molar-refractivity contribution < 1.29 is 0 Å². The molecule has 7 rings (SSSR count). The average molecular weight is 366 g/mol. The number of rotatable bonds is 0. The Hall–Kier alpha value is -3.64. The largest absolute Gasteiger partial charge is 0.0616 e. The highest BCUT2D eigenvalue weighted by Crippen LogP contribution is 2.44. The van der Waals surface area contributed by atoms with Crippen molar-refractivity contribution in [1.29, 1.82) is 0 Å². The van der Waals surface area contributed by atoms with Gasteiger partial charge in [0.2, 0.25) is 0 Å². The molecule has 6 aromatic rings. The van der Waals surface area contributed by atoms with Gasteiger partial charge in [-0.25, -0.2) is 0 Å². The van der Waals surface area contributed by atoms with Gasteiger partial charge in [-0.1, -0.05) is 78.9 Å². The molecule has 6 aromatic carbocycles. The lowest BCUT2D eigenvalue weighted by atomic mass is 9.94. The smallest absolute Gasteiger partial charge is 0.000684 e. The summed E-state index contributed by atoms with van der Waals surface area (Å²) >= 11 is 0. The highest BCUT2D eigenvalue weighted by Gasteiger charge is 2.22. The van der Waals surface area contributed by atoms with E-state index in [1.807, 2.05) is 0 Å². The van der Waals surface area contributed by atoms with Gasteiger partial charge in [0.25, 0.3) is 0 Å². The van der Waals surface area contributed by atoms with Crippen LogP contribution in [0.1, 0.15) is 11.1 Å². The molecule has 0 bridgehead atoms. The van der Waals surface area contributed by atoms with Crippen molar-refractivity contribution in [3.8, 4) is 11.1 Å². The first-order chi connectivity index (χ1) is 14.3. The summed E-state index contributed by atoms with van der Waals surface area (Å²) in [7, 11) is 0. The average Bonchev–Trinajstić information content (AvgIpc) is 3.13. The molecule has 0 heterocycles. The molecule has 0 saturated heterocycles. The van der Waals surface area contributed by atoms with Crippen LogP contribution in [-0.2, 0) is 6.42 Å². The second-order valence-corrected chi connectivity index (χ2v) is 8.21. The SMILES string of the molecule is c1ccc2cc3cc4c(cc3cc2c1)Cc1c-4ccc2ccc3ccccc3c12. The standard InChI is InChI=1S/C29H18/c1-2-7-21-14-23-16-27-24(15-22(23)13-20(21)6-1)17-28-26(27)12-11-19-10-9-18-5-3-4-8-25(18)29(19)28/h1-16H,17H2. The molecule has 134 valence electrons. The third kappa shape index (κ3) is 2.09. The van der Waals surface area contributed by atoms with E-state index in [2.05, 4.69) is 97.1 Å². The normalized spacial score (nSPS) is 12.7. The maximum absolute atomic E-state index is 2.41. The zero-order valence-electron chi connectivity index (χ0n) is 15.9. The van der Waals surface area contributed by atoms with E-state index >= 15 is 0 Å². The first kappa shape index (κ1) is 15.3. The van der Waals surface area contributed by atoms with Gasteiger partial charge in [-0.15, -0.1) is 0 Å². The molecular weight excluding hydrogens is 348 g/mol. The Balaban J connectivity index is 1.56. The lowest BCUT2D eigenvalue weighted by molar-refractivity contribution is 1.29. The van der Waals surface area contributed by atoms with Gasteiger partial charge in [-0.05, 0) is 90.0 Å². The van der Waals surface area contributed by atoms with Crippen LogP contribution in [0.25, 0.3) is 54.2 Å². The summed E-state index contributed by atoms with van der Waals surface area (Å²) < 4.78 is 0.